The molecule has 1 aromatic heterocycles. The van der Waals surface area contributed by atoms with Crippen molar-refractivity contribution in [3.63, 3.8) is 0 Å². The first-order valence-electron chi connectivity index (χ1n) is 4.95. The van der Waals surface area contributed by atoms with Gasteiger partial charge >= 0.3 is 6.18 Å². The van der Waals surface area contributed by atoms with Crippen molar-refractivity contribution in [1.82, 2.24) is 9.97 Å². The fourth-order valence-corrected chi connectivity index (χ4v) is 1.37. The Labute approximate surface area is 96.6 Å². The van der Waals surface area contributed by atoms with Gasteiger partial charge in [-0.3, -0.25) is 0 Å². The summed E-state index contributed by atoms with van der Waals surface area (Å²) in [5.41, 5.74) is 2.92. The van der Waals surface area contributed by atoms with Crippen molar-refractivity contribution in [2.75, 3.05) is 10.7 Å². The van der Waals surface area contributed by atoms with E-state index in [1.54, 1.807) is 6.92 Å². The van der Waals surface area contributed by atoms with Crippen molar-refractivity contribution in [3.05, 3.63) is 11.9 Å². The molecule has 0 bridgehead atoms. The van der Waals surface area contributed by atoms with Gasteiger partial charge in [0, 0.05) is 11.6 Å². The largest absolute Gasteiger partial charge is 0.391 e. The van der Waals surface area contributed by atoms with Crippen LogP contribution in [0.25, 0.3) is 0 Å². The van der Waals surface area contributed by atoms with Crippen molar-refractivity contribution in [2.24, 2.45) is 5.84 Å². The Bertz CT molecular complexity index is 379. The molecule has 0 saturated heterocycles. The number of hydrazine groups is 1. The number of aromatic nitrogens is 2. The van der Waals surface area contributed by atoms with Gasteiger partial charge in [-0.15, -0.1) is 0 Å². The molecule has 0 aromatic carbocycles. The molecule has 0 fully saturated rings. The van der Waals surface area contributed by atoms with E-state index in [4.69, 9.17) is 5.84 Å². The summed E-state index contributed by atoms with van der Waals surface area (Å²) in [5, 5.41) is 2.67. The Balaban J connectivity index is 2.75. The number of nitrogens with one attached hydrogen (secondary N) is 2. The van der Waals surface area contributed by atoms with Crippen LogP contribution in [0.1, 0.15) is 18.9 Å². The lowest BCUT2D eigenvalue weighted by atomic mass is 10.2. The Morgan fingerprint density at radius 1 is 1.35 bits per heavy atom. The number of nitrogens with zero attached hydrogens (tertiary/aromatic N) is 2. The molecule has 8 heteroatoms. The van der Waals surface area contributed by atoms with Crippen molar-refractivity contribution < 1.29 is 13.2 Å². The van der Waals surface area contributed by atoms with Crippen LogP contribution in [-0.4, -0.2) is 22.2 Å². The fraction of sp³-hybridized carbons (Fsp3) is 0.556. The summed E-state index contributed by atoms with van der Waals surface area (Å²) in [6, 6.07) is -0.769. The van der Waals surface area contributed by atoms with E-state index < -0.39 is 18.6 Å². The minimum Gasteiger partial charge on any atom is -0.367 e. The van der Waals surface area contributed by atoms with E-state index in [1.165, 1.54) is 13.3 Å². The van der Waals surface area contributed by atoms with Crippen molar-refractivity contribution in [3.8, 4) is 0 Å². The Kier molecular flexibility index (Phi) is 4.11. The molecule has 1 atom stereocenters. The second-order valence-corrected chi connectivity index (χ2v) is 3.70. The fourth-order valence-electron chi connectivity index (χ4n) is 1.37. The number of halogens is 3. The topological polar surface area (TPSA) is 75.9 Å². The van der Waals surface area contributed by atoms with E-state index in [9.17, 15) is 13.2 Å². The van der Waals surface area contributed by atoms with Crippen LogP contribution in [0, 0.1) is 6.92 Å². The van der Waals surface area contributed by atoms with Gasteiger partial charge in [0.2, 0.25) is 0 Å². The summed E-state index contributed by atoms with van der Waals surface area (Å²) in [7, 11) is 0. The van der Waals surface area contributed by atoms with Crippen LogP contribution in [0.3, 0.4) is 0 Å². The Morgan fingerprint density at radius 2 is 1.94 bits per heavy atom. The van der Waals surface area contributed by atoms with Crippen LogP contribution in [0.2, 0.25) is 0 Å². The molecule has 0 radical (unpaired) electrons. The molecule has 96 valence electrons. The number of hydrogen-bond acceptors (Lipinski definition) is 5. The molecule has 17 heavy (non-hydrogen) atoms. The highest BCUT2D eigenvalue weighted by atomic mass is 19.4. The van der Waals surface area contributed by atoms with Crippen molar-refractivity contribution in [2.45, 2.75) is 32.5 Å². The summed E-state index contributed by atoms with van der Waals surface area (Å²) < 4.78 is 36.4. The van der Waals surface area contributed by atoms with Gasteiger partial charge in [0.05, 0.1) is 6.42 Å². The maximum atomic E-state index is 12.1. The molecular weight excluding hydrogens is 235 g/mol. The van der Waals surface area contributed by atoms with Crippen LogP contribution in [0.5, 0.6) is 0 Å². The van der Waals surface area contributed by atoms with Gasteiger partial charge in [-0.05, 0) is 13.8 Å². The smallest absolute Gasteiger partial charge is 0.367 e. The standard InChI is InChI=1S/C9H14F3N5/c1-5(3-9(10,11)12)16-7-6(2)8(17-13)15-4-14-7/h4-5H,3,13H2,1-2H3,(H2,14,15,16,17). The monoisotopic (exact) mass is 249 g/mol. The van der Waals surface area contributed by atoms with E-state index in [0.29, 0.717) is 17.2 Å². The number of alkyl halides is 3. The van der Waals surface area contributed by atoms with Crippen molar-refractivity contribution in [1.29, 1.82) is 0 Å². The van der Waals surface area contributed by atoms with Crippen LogP contribution in [0.4, 0.5) is 24.8 Å². The third kappa shape index (κ3) is 4.06. The van der Waals surface area contributed by atoms with Gasteiger partial charge in [-0.1, -0.05) is 0 Å². The third-order valence-corrected chi connectivity index (χ3v) is 2.14. The van der Waals surface area contributed by atoms with Gasteiger partial charge < -0.3 is 10.7 Å². The first kappa shape index (κ1) is 13.5. The molecule has 0 aliphatic rings. The van der Waals surface area contributed by atoms with Gasteiger partial charge in [0.1, 0.15) is 18.0 Å². The summed E-state index contributed by atoms with van der Waals surface area (Å²) in [6.07, 6.45) is -3.91. The SMILES string of the molecule is Cc1c(NN)ncnc1NC(C)CC(F)(F)F. The number of nitrogens with two attached hydrogens (primary N) is 1. The molecule has 1 unspecified atom stereocenters. The maximum absolute atomic E-state index is 12.1. The van der Waals surface area contributed by atoms with Gasteiger partial charge in [-0.2, -0.15) is 13.2 Å². The zero-order chi connectivity index (χ0) is 13.1. The molecule has 0 aliphatic heterocycles. The van der Waals surface area contributed by atoms with E-state index in [2.05, 4.69) is 20.7 Å². The highest BCUT2D eigenvalue weighted by Gasteiger charge is 2.30. The van der Waals surface area contributed by atoms with Crippen LogP contribution in [-0.2, 0) is 0 Å². The lowest BCUT2D eigenvalue weighted by Crippen LogP contribution is -2.25. The predicted octanol–water partition coefficient (Wildman–Crippen LogP) is 1.82. The quantitative estimate of drug-likeness (QED) is 0.560. The molecule has 0 aliphatic carbocycles. The highest BCUT2D eigenvalue weighted by Crippen LogP contribution is 2.24. The molecule has 4 N–H and O–H groups in total. The second-order valence-electron chi connectivity index (χ2n) is 3.70. The van der Waals surface area contributed by atoms with Gasteiger partial charge in [0.15, 0.2) is 0 Å². The summed E-state index contributed by atoms with van der Waals surface area (Å²) >= 11 is 0. The number of rotatable bonds is 4. The summed E-state index contributed by atoms with van der Waals surface area (Å²) in [6.45, 7) is 3.10. The van der Waals surface area contributed by atoms with Crippen LogP contribution < -0.4 is 16.6 Å². The summed E-state index contributed by atoms with van der Waals surface area (Å²) in [5.74, 6) is 5.92. The molecule has 5 nitrogen and oxygen atoms in total. The Morgan fingerprint density at radius 3 is 2.47 bits per heavy atom. The minimum atomic E-state index is -4.21. The van der Waals surface area contributed by atoms with Crippen LogP contribution in [0.15, 0.2) is 6.33 Å². The van der Waals surface area contributed by atoms with E-state index in [0.717, 1.165) is 0 Å². The third-order valence-electron chi connectivity index (χ3n) is 2.14. The molecule has 1 heterocycles. The summed E-state index contributed by atoms with van der Waals surface area (Å²) in [4.78, 5) is 7.70. The average Bonchev–Trinajstić information content (AvgIpc) is 2.18. The average molecular weight is 249 g/mol. The normalized spacial score (nSPS) is 13.3. The van der Waals surface area contributed by atoms with E-state index in [-0.39, 0.29) is 0 Å². The van der Waals surface area contributed by atoms with Crippen molar-refractivity contribution >= 4 is 11.6 Å². The van der Waals surface area contributed by atoms with Gasteiger partial charge in [0.25, 0.3) is 0 Å². The lowest BCUT2D eigenvalue weighted by Gasteiger charge is -2.18. The van der Waals surface area contributed by atoms with E-state index in [1.807, 2.05) is 0 Å². The number of nitrogen functional groups attached to an aromatic ring is 1. The van der Waals surface area contributed by atoms with Gasteiger partial charge in [-0.25, -0.2) is 15.8 Å². The molecule has 1 aromatic rings. The first-order chi connectivity index (χ1) is 7.83. The zero-order valence-electron chi connectivity index (χ0n) is 9.47. The van der Waals surface area contributed by atoms with Crippen LogP contribution >= 0.6 is 0 Å². The second kappa shape index (κ2) is 5.17. The molecule has 0 amide bonds. The molecule has 0 saturated carbocycles. The maximum Gasteiger partial charge on any atom is 0.391 e. The zero-order valence-corrected chi connectivity index (χ0v) is 9.47. The Hall–Kier alpha value is -1.57. The van der Waals surface area contributed by atoms with E-state index >= 15 is 0 Å². The number of anilines is 2. The first-order valence-corrected chi connectivity index (χ1v) is 4.95. The highest BCUT2D eigenvalue weighted by molar-refractivity contribution is 5.56. The molecule has 0 spiro atoms. The predicted molar refractivity (Wildman–Crippen MR) is 58.3 cm³/mol. The lowest BCUT2D eigenvalue weighted by molar-refractivity contribution is -0.136. The molecular formula is C9H14F3N5. The minimum absolute atomic E-state index is 0.338. The molecule has 1 rings (SSSR count). The number of hydrogen-bond donors (Lipinski definition) is 3.